The number of benzene rings is 1. The van der Waals surface area contributed by atoms with E-state index in [2.05, 4.69) is 15.5 Å². The number of aryl methyl sites for hydroxylation is 2. The van der Waals surface area contributed by atoms with Crippen LogP contribution in [-0.2, 0) is 4.79 Å². The van der Waals surface area contributed by atoms with Gasteiger partial charge in [0.25, 0.3) is 0 Å². The lowest BCUT2D eigenvalue weighted by molar-refractivity contribution is -0.111. The van der Waals surface area contributed by atoms with E-state index in [0.29, 0.717) is 5.82 Å². The summed E-state index contributed by atoms with van der Waals surface area (Å²) in [5, 5.41) is 9.61. The van der Waals surface area contributed by atoms with E-state index >= 15 is 0 Å². The van der Waals surface area contributed by atoms with Crippen molar-refractivity contribution < 1.29 is 4.79 Å². The van der Waals surface area contributed by atoms with E-state index in [9.17, 15) is 4.79 Å². The highest BCUT2D eigenvalue weighted by atomic mass is 16.1. The molecule has 1 heterocycles. The number of carbonyl (C=O) groups excluding carboxylic acids is 1. The van der Waals surface area contributed by atoms with Gasteiger partial charge >= 0.3 is 0 Å². The second kappa shape index (κ2) is 5.52. The first kappa shape index (κ1) is 13.1. The number of H-pyrrole nitrogens is 1. The van der Waals surface area contributed by atoms with Crippen LogP contribution in [0.15, 0.2) is 30.3 Å². The average molecular weight is 255 g/mol. The molecule has 2 N–H and O–H groups in total. The van der Waals surface area contributed by atoms with Crippen LogP contribution in [-0.4, -0.2) is 16.1 Å². The van der Waals surface area contributed by atoms with Crippen molar-refractivity contribution in [3.8, 4) is 0 Å². The molecule has 0 bridgehead atoms. The topological polar surface area (TPSA) is 57.8 Å². The molecule has 1 aromatic heterocycles. The first-order valence-corrected chi connectivity index (χ1v) is 6.13. The van der Waals surface area contributed by atoms with Crippen molar-refractivity contribution in [3.63, 3.8) is 0 Å². The van der Waals surface area contributed by atoms with E-state index < -0.39 is 0 Å². The van der Waals surface area contributed by atoms with Gasteiger partial charge in [0.1, 0.15) is 0 Å². The zero-order valence-electron chi connectivity index (χ0n) is 11.3. The summed E-state index contributed by atoms with van der Waals surface area (Å²) in [5.74, 6) is 0.395. The third-order valence-corrected chi connectivity index (χ3v) is 3.00. The lowest BCUT2D eigenvalue weighted by Gasteiger charge is -1.99. The molecular formula is C15H17N3O. The van der Waals surface area contributed by atoms with Crippen LogP contribution >= 0.6 is 0 Å². The van der Waals surface area contributed by atoms with Crippen molar-refractivity contribution in [2.45, 2.75) is 20.8 Å². The summed E-state index contributed by atoms with van der Waals surface area (Å²) in [5.41, 5.74) is 4.11. The van der Waals surface area contributed by atoms with Crippen LogP contribution in [0.4, 0.5) is 5.82 Å². The van der Waals surface area contributed by atoms with E-state index in [0.717, 1.165) is 16.8 Å². The third kappa shape index (κ3) is 3.31. The Bertz CT molecular complexity index is 609. The largest absolute Gasteiger partial charge is 0.305 e. The number of anilines is 1. The molecule has 0 unspecified atom stereocenters. The highest BCUT2D eigenvalue weighted by molar-refractivity contribution is 6.01. The average Bonchev–Trinajstić information content (AvgIpc) is 2.70. The first-order valence-electron chi connectivity index (χ1n) is 6.13. The molecule has 0 aliphatic carbocycles. The summed E-state index contributed by atoms with van der Waals surface area (Å²) < 4.78 is 0. The maximum atomic E-state index is 11.8. The molecule has 0 saturated carbocycles. The van der Waals surface area contributed by atoms with Crippen molar-refractivity contribution in [1.82, 2.24) is 10.2 Å². The van der Waals surface area contributed by atoms with Crippen molar-refractivity contribution >= 4 is 17.8 Å². The maximum Gasteiger partial charge on any atom is 0.249 e. The number of nitrogens with zero attached hydrogens (tertiary/aromatic N) is 1. The molecule has 2 rings (SSSR count). The number of aromatic nitrogens is 2. The molecule has 98 valence electrons. The Hall–Kier alpha value is -2.36. The summed E-state index contributed by atoms with van der Waals surface area (Å²) in [7, 11) is 0. The minimum atomic E-state index is -0.185. The van der Waals surface area contributed by atoms with Crippen LogP contribution in [0.5, 0.6) is 0 Å². The molecule has 19 heavy (non-hydrogen) atoms. The molecule has 1 amide bonds. The number of amides is 1. The second-order valence-electron chi connectivity index (χ2n) is 4.56. The molecule has 2 aromatic rings. The lowest BCUT2D eigenvalue weighted by Crippen LogP contribution is -2.09. The zero-order valence-corrected chi connectivity index (χ0v) is 11.3. The molecule has 1 aromatic carbocycles. The van der Waals surface area contributed by atoms with Gasteiger partial charge in [0.2, 0.25) is 5.91 Å². The maximum absolute atomic E-state index is 11.8. The van der Waals surface area contributed by atoms with Crippen LogP contribution in [0.25, 0.3) is 6.08 Å². The molecule has 0 atom stereocenters. The van der Waals surface area contributed by atoms with E-state index in [1.54, 1.807) is 6.08 Å². The molecule has 0 radical (unpaired) electrons. The molecule has 0 spiro atoms. The minimum absolute atomic E-state index is 0.185. The predicted octanol–water partition coefficient (Wildman–Crippen LogP) is 2.99. The first-order chi connectivity index (χ1) is 9.06. The standard InChI is InChI=1S/C15H17N3O/c1-10-4-6-13(7-5-10)8-9-14(19)16-15-11(2)12(3)17-18-15/h4-9H,1-3H3,(H2,16,17,18,19)/b9-8+. The zero-order chi connectivity index (χ0) is 13.8. The van der Waals surface area contributed by atoms with Crippen LogP contribution in [0.1, 0.15) is 22.4 Å². The van der Waals surface area contributed by atoms with Crippen molar-refractivity contribution in [3.05, 3.63) is 52.7 Å². The van der Waals surface area contributed by atoms with Crippen LogP contribution in [0, 0.1) is 20.8 Å². The van der Waals surface area contributed by atoms with Gasteiger partial charge in [-0.3, -0.25) is 9.89 Å². The molecule has 4 heteroatoms. The van der Waals surface area contributed by atoms with Crippen molar-refractivity contribution in [2.24, 2.45) is 0 Å². The Morgan fingerprint density at radius 1 is 1.21 bits per heavy atom. The summed E-state index contributed by atoms with van der Waals surface area (Å²) in [6.07, 6.45) is 3.29. The highest BCUT2D eigenvalue weighted by Crippen LogP contribution is 2.13. The van der Waals surface area contributed by atoms with Gasteiger partial charge in [-0.25, -0.2) is 0 Å². The highest BCUT2D eigenvalue weighted by Gasteiger charge is 2.06. The van der Waals surface area contributed by atoms with Gasteiger partial charge in [0.15, 0.2) is 5.82 Å². The van der Waals surface area contributed by atoms with E-state index in [4.69, 9.17) is 0 Å². The number of rotatable bonds is 3. The van der Waals surface area contributed by atoms with Crippen LogP contribution in [0.2, 0.25) is 0 Å². The number of aromatic amines is 1. The van der Waals surface area contributed by atoms with Gasteiger partial charge in [-0.1, -0.05) is 29.8 Å². The summed E-state index contributed by atoms with van der Waals surface area (Å²) >= 11 is 0. The van der Waals surface area contributed by atoms with E-state index in [1.807, 2.05) is 45.0 Å². The number of hydrogen-bond acceptors (Lipinski definition) is 2. The van der Waals surface area contributed by atoms with Gasteiger partial charge in [0.05, 0.1) is 0 Å². The molecule has 4 nitrogen and oxygen atoms in total. The Labute approximate surface area is 112 Å². The Morgan fingerprint density at radius 2 is 1.89 bits per heavy atom. The minimum Gasteiger partial charge on any atom is -0.305 e. The fraction of sp³-hybridized carbons (Fsp3) is 0.200. The molecule has 0 aliphatic heterocycles. The third-order valence-electron chi connectivity index (χ3n) is 3.00. The van der Waals surface area contributed by atoms with E-state index in [1.165, 1.54) is 11.6 Å². The number of nitrogens with one attached hydrogen (secondary N) is 2. The van der Waals surface area contributed by atoms with Crippen molar-refractivity contribution in [1.29, 1.82) is 0 Å². The molecule has 0 saturated heterocycles. The smallest absolute Gasteiger partial charge is 0.249 e. The quantitative estimate of drug-likeness (QED) is 0.828. The lowest BCUT2D eigenvalue weighted by atomic mass is 10.1. The van der Waals surface area contributed by atoms with Gasteiger partial charge in [0, 0.05) is 17.3 Å². The van der Waals surface area contributed by atoms with Gasteiger partial charge < -0.3 is 5.32 Å². The normalized spacial score (nSPS) is 10.9. The number of hydrogen-bond donors (Lipinski definition) is 2. The SMILES string of the molecule is Cc1ccc(/C=C/C(=O)Nc2n[nH]c(C)c2C)cc1. The van der Waals surface area contributed by atoms with Crippen LogP contribution in [0.3, 0.4) is 0 Å². The molecule has 0 aliphatic rings. The fourth-order valence-corrected chi connectivity index (χ4v) is 1.61. The summed E-state index contributed by atoms with van der Waals surface area (Å²) in [6, 6.07) is 7.98. The van der Waals surface area contributed by atoms with E-state index in [-0.39, 0.29) is 5.91 Å². The van der Waals surface area contributed by atoms with Gasteiger partial charge in [-0.2, -0.15) is 5.10 Å². The predicted molar refractivity (Wildman–Crippen MR) is 76.9 cm³/mol. The second-order valence-corrected chi connectivity index (χ2v) is 4.56. The van der Waals surface area contributed by atoms with Crippen LogP contribution < -0.4 is 5.32 Å². The van der Waals surface area contributed by atoms with Gasteiger partial charge in [-0.05, 0) is 32.4 Å². The Balaban J connectivity index is 2.01. The van der Waals surface area contributed by atoms with Gasteiger partial charge in [-0.15, -0.1) is 0 Å². The molecule has 0 fully saturated rings. The van der Waals surface area contributed by atoms with Crippen molar-refractivity contribution in [2.75, 3.05) is 5.32 Å². The summed E-state index contributed by atoms with van der Waals surface area (Å²) in [6.45, 7) is 5.86. The fourth-order valence-electron chi connectivity index (χ4n) is 1.61. The molecular weight excluding hydrogens is 238 g/mol. The summed E-state index contributed by atoms with van der Waals surface area (Å²) in [4.78, 5) is 11.8. The Kier molecular flexibility index (Phi) is 3.80. The number of carbonyl (C=O) groups is 1. The Morgan fingerprint density at radius 3 is 2.47 bits per heavy atom. The monoisotopic (exact) mass is 255 g/mol.